The number of carboxylic acid groups (broad SMARTS) is 1. The zero-order valence-corrected chi connectivity index (χ0v) is 11.2. The second-order valence-electron chi connectivity index (χ2n) is 3.85. The molecule has 0 aliphatic carbocycles. The Kier molecular flexibility index (Phi) is 4.62. The van der Waals surface area contributed by atoms with E-state index in [2.05, 4.69) is 14.9 Å². The first-order valence-electron chi connectivity index (χ1n) is 5.22. The number of aromatic amines is 1. The van der Waals surface area contributed by atoms with Crippen LogP contribution in [-0.2, 0) is 14.8 Å². The quantitative estimate of drug-likeness (QED) is 0.607. The number of rotatable bonds is 6. The zero-order valence-electron chi connectivity index (χ0n) is 10.4. The Morgan fingerprint density at radius 2 is 2.11 bits per heavy atom. The van der Waals surface area contributed by atoms with Gasteiger partial charge in [0.05, 0.1) is 6.20 Å². The molecule has 1 aromatic rings. The van der Waals surface area contributed by atoms with E-state index in [9.17, 15) is 18.0 Å². The molecule has 0 bridgehead atoms. The van der Waals surface area contributed by atoms with Crippen molar-refractivity contribution in [2.45, 2.75) is 11.4 Å². The molecule has 3 N–H and O–H groups in total. The van der Waals surface area contributed by atoms with E-state index in [1.54, 1.807) is 14.1 Å². The molecule has 0 saturated heterocycles. The van der Waals surface area contributed by atoms with Crippen LogP contribution in [0.15, 0.2) is 11.2 Å². The Bertz CT molecular complexity index is 577. The Labute approximate surface area is 109 Å². The molecule has 0 aliphatic rings. The summed E-state index contributed by atoms with van der Waals surface area (Å²) in [5.74, 6) is -1.65. The highest BCUT2D eigenvalue weighted by Gasteiger charge is 2.24. The van der Waals surface area contributed by atoms with Crippen LogP contribution in [0.3, 0.4) is 0 Å². The summed E-state index contributed by atoms with van der Waals surface area (Å²) in [6, 6.07) is 0. The normalized spacial score (nSPS) is 11.3. The van der Waals surface area contributed by atoms with Crippen LogP contribution in [0.25, 0.3) is 0 Å². The second kappa shape index (κ2) is 5.80. The van der Waals surface area contributed by atoms with Crippen molar-refractivity contribution in [3.05, 3.63) is 11.8 Å². The standard InChI is InChI=1S/C9H14N4O5S/c1-13(2)7(14)3-4-11-19(17,18)8-6(9(15)16)5-10-12-8/h5,11H,3-4H2,1-2H3,(H,10,12)(H,15,16). The number of carbonyl (C=O) groups is 2. The fraction of sp³-hybridized carbons (Fsp3) is 0.444. The Morgan fingerprint density at radius 3 is 2.63 bits per heavy atom. The average molecular weight is 290 g/mol. The van der Waals surface area contributed by atoms with Crippen LogP contribution in [0, 0.1) is 0 Å². The van der Waals surface area contributed by atoms with Crippen molar-refractivity contribution in [3.63, 3.8) is 0 Å². The molecule has 0 saturated carbocycles. The van der Waals surface area contributed by atoms with Crippen molar-refractivity contribution in [1.29, 1.82) is 0 Å². The van der Waals surface area contributed by atoms with E-state index in [1.807, 2.05) is 0 Å². The van der Waals surface area contributed by atoms with Crippen molar-refractivity contribution in [1.82, 2.24) is 19.8 Å². The number of sulfonamides is 1. The van der Waals surface area contributed by atoms with Crippen molar-refractivity contribution in [2.75, 3.05) is 20.6 Å². The minimum absolute atomic E-state index is 0.0250. The highest BCUT2D eigenvalue weighted by molar-refractivity contribution is 7.89. The summed E-state index contributed by atoms with van der Waals surface area (Å²) in [5, 5.41) is 13.8. The van der Waals surface area contributed by atoms with E-state index in [1.165, 1.54) is 4.90 Å². The van der Waals surface area contributed by atoms with Crippen molar-refractivity contribution in [2.24, 2.45) is 0 Å². The average Bonchev–Trinajstić information content (AvgIpc) is 2.77. The Hall–Kier alpha value is -1.94. The molecule has 0 spiro atoms. The van der Waals surface area contributed by atoms with Gasteiger partial charge in [0.15, 0.2) is 5.03 Å². The number of hydrogen-bond acceptors (Lipinski definition) is 5. The van der Waals surface area contributed by atoms with Gasteiger partial charge in [-0.05, 0) is 0 Å². The molecule has 106 valence electrons. The van der Waals surface area contributed by atoms with Gasteiger partial charge in [-0.15, -0.1) is 0 Å². The summed E-state index contributed by atoms with van der Waals surface area (Å²) in [6.07, 6.45) is 0.880. The SMILES string of the molecule is CN(C)C(=O)CCNS(=O)(=O)c1[nH]ncc1C(=O)O. The van der Waals surface area contributed by atoms with Gasteiger partial charge in [-0.3, -0.25) is 9.89 Å². The zero-order chi connectivity index (χ0) is 14.6. The first-order valence-corrected chi connectivity index (χ1v) is 6.70. The fourth-order valence-corrected chi connectivity index (χ4v) is 2.34. The molecule has 19 heavy (non-hydrogen) atoms. The van der Waals surface area contributed by atoms with Crippen LogP contribution >= 0.6 is 0 Å². The molecule has 0 unspecified atom stereocenters. The third-order valence-corrected chi connectivity index (χ3v) is 3.67. The number of nitrogens with one attached hydrogen (secondary N) is 2. The summed E-state index contributed by atoms with van der Waals surface area (Å²) in [7, 11) is -0.934. The molecule has 1 rings (SSSR count). The van der Waals surface area contributed by atoms with Crippen LogP contribution in [0.2, 0.25) is 0 Å². The number of amides is 1. The number of aromatic carboxylic acids is 1. The second-order valence-corrected chi connectivity index (χ2v) is 5.56. The lowest BCUT2D eigenvalue weighted by atomic mass is 10.4. The molecule has 0 aromatic carbocycles. The van der Waals surface area contributed by atoms with Gasteiger partial charge in [-0.25, -0.2) is 17.9 Å². The third-order valence-electron chi connectivity index (χ3n) is 2.23. The van der Waals surface area contributed by atoms with Gasteiger partial charge < -0.3 is 10.0 Å². The number of hydrogen-bond donors (Lipinski definition) is 3. The van der Waals surface area contributed by atoms with Crippen LogP contribution in [0.1, 0.15) is 16.8 Å². The van der Waals surface area contributed by atoms with Gasteiger partial charge >= 0.3 is 5.97 Å². The molecule has 1 aromatic heterocycles. The maximum absolute atomic E-state index is 11.8. The van der Waals surface area contributed by atoms with Gasteiger partial charge in [-0.1, -0.05) is 0 Å². The van der Waals surface area contributed by atoms with Gasteiger partial charge in [0.1, 0.15) is 5.56 Å². The Balaban J connectivity index is 2.74. The van der Waals surface area contributed by atoms with Crippen LogP contribution in [0.5, 0.6) is 0 Å². The highest BCUT2D eigenvalue weighted by Crippen LogP contribution is 2.11. The van der Waals surface area contributed by atoms with E-state index in [0.717, 1.165) is 6.20 Å². The predicted molar refractivity (Wildman–Crippen MR) is 64.0 cm³/mol. The smallest absolute Gasteiger partial charge is 0.340 e. The molecule has 10 heteroatoms. The van der Waals surface area contributed by atoms with Crippen molar-refractivity contribution < 1.29 is 23.1 Å². The molecule has 1 heterocycles. The van der Waals surface area contributed by atoms with Crippen LogP contribution in [-0.4, -0.2) is 61.1 Å². The molecular formula is C9H14N4O5S. The number of carboxylic acids is 1. The molecule has 9 nitrogen and oxygen atoms in total. The molecule has 0 atom stereocenters. The van der Waals surface area contributed by atoms with Gasteiger partial charge in [0, 0.05) is 27.1 Å². The van der Waals surface area contributed by atoms with E-state index in [0.29, 0.717) is 0 Å². The largest absolute Gasteiger partial charge is 0.478 e. The summed E-state index contributed by atoms with van der Waals surface area (Å²) in [6.45, 7) is -0.128. The van der Waals surface area contributed by atoms with E-state index in [-0.39, 0.29) is 18.9 Å². The van der Waals surface area contributed by atoms with Gasteiger partial charge in [0.2, 0.25) is 5.91 Å². The maximum atomic E-state index is 11.8. The van der Waals surface area contributed by atoms with Crippen molar-refractivity contribution in [3.8, 4) is 0 Å². The van der Waals surface area contributed by atoms with Crippen LogP contribution in [0.4, 0.5) is 0 Å². The van der Waals surface area contributed by atoms with E-state index >= 15 is 0 Å². The fourth-order valence-electron chi connectivity index (χ4n) is 1.22. The van der Waals surface area contributed by atoms with Gasteiger partial charge in [0.25, 0.3) is 10.0 Å². The van der Waals surface area contributed by atoms with Crippen LogP contribution < -0.4 is 4.72 Å². The highest BCUT2D eigenvalue weighted by atomic mass is 32.2. The Morgan fingerprint density at radius 1 is 1.47 bits per heavy atom. The topological polar surface area (TPSA) is 132 Å². The summed E-state index contributed by atoms with van der Waals surface area (Å²) >= 11 is 0. The first kappa shape index (κ1) is 15.1. The molecular weight excluding hydrogens is 276 g/mol. The molecule has 0 aliphatic heterocycles. The van der Waals surface area contributed by atoms with E-state index < -0.39 is 26.6 Å². The van der Waals surface area contributed by atoms with E-state index in [4.69, 9.17) is 5.11 Å². The lowest BCUT2D eigenvalue weighted by Crippen LogP contribution is -2.31. The minimum atomic E-state index is -4.03. The first-order chi connectivity index (χ1) is 8.75. The summed E-state index contributed by atoms with van der Waals surface area (Å²) in [5.41, 5.74) is -0.452. The molecule has 0 radical (unpaired) electrons. The molecule has 1 amide bonds. The maximum Gasteiger partial charge on any atom is 0.340 e. The molecule has 0 fully saturated rings. The van der Waals surface area contributed by atoms with Crippen molar-refractivity contribution >= 4 is 21.9 Å². The number of H-pyrrole nitrogens is 1. The minimum Gasteiger partial charge on any atom is -0.478 e. The third kappa shape index (κ3) is 3.76. The van der Waals surface area contributed by atoms with Gasteiger partial charge in [-0.2, -0.15) is 5.10 Å². The lowest BCUT2D eigenvalue weighted by molar-refractivity contribution is -0.128. The monoisotopic (exact) mass is 290 g/mol. The summed E-state index contributed by atoms with van der Waals surface area (Å²) in [4.78, 5) is 23.4. The number of nitrogens with zero attached hydrogens (tertiary/aromatic N) is 2. The predicted octanol–water partition coefficient (Wildman–Crippen LogP) is -1.14. The number of carbonyl (C=O) groups excluding carboxylic acids is 1. The lowest BCUT2D eigenvalue weighted by Gasteiger charge is -2.10. The number of aromatic nitrogens is 2. The summed E-state index contributed by atoms with van der Waals surface area (Å²) < 4.78 is 25.7.